The van der Waals surface area contributed by atoms with Crippen molar-refractivity contribution in [2.45, 2.75) is 32.1 Å². The number of nitrogens with one attached hydrogen (secondary N) is 1. The van der Waals surface area contributed by atoms with Crippen LogP contribution in [0.25, 0.3) is 0 Å². The van der Waals surface area contributed by atoms with Crippen molar-refractivity contribution in [2.75, 3.05) is 6.54 Å². The number of amides is 1. The van der Waals surface area contributed by atoms with E-state index < -0.39 is 18.1 Å². The van der Waals surface area contributed by atoms with Gasteiger partial charge in [0.15, 0.2) is 0 Å². The van der Waals surface area contributed by atoms with Crippen LogP contribution in [0.5, 0.6) is 0 Å². The second-order valence-corrected chi connectivity index (χ2v) is 2.86. The quantitative estimate of drug-likeness (QED) is 0.397. The van der Waals surface area contributed by atoms with Crippen molar-refractivity contribution in [1.29, 1.82) is 0 Å². The summed E-state index contributed by atoms with van der Waals surface area (Å²) >= 11 is 0. The van der Waals surface area contributed by atoms with Crippen LogP contribution >= 0.6 is 0 Å². The molecule has 1 amide bonds. The van der Waals surface area contributed by atoms with Crippen molar-refractivity contribution in [1.82, 2.24) is 5.32 Å². The molecule has 0 heterocycles. The number of aliphatic hydroxyl groups excluding tert-OH is 2. The number of carbonyl (C=O) groups excluding carboxylic acids is 1. The molecule has 3 atom stereocenters. The van der Waals surface area contributed by atoms with Gasteiger partial charge in [-0.1, -0.05) is 0 Å². The van der Waals surface area contributed by atoms with E-state index in [0.717, 1.165) is 0 Å². The Morgan fingerprint density at radius 2 is 2.00 bits per heavy atom. The lowest BCUT2D eigenvalue weighted by Crippen LogP contribution is -2.44. The first-order chi connectivity index (χ1) is 5.45. The van der Waals surface area contributed by atoms with Gasteiger partial charge in [0, 0.05) is 12.6 Å². The van der Waals surface area contributed by atoms with E-state index in [1.807, 2.05) is 0 Å². The van der Waals surface area contributed by atoms with Gasteiger partial charge in [-0.05, 0) is 13.8 Å². The Bertz CT molecular complexity index is 150. The van der Waals surface area contributed by atoms with E-state index in [2.05, 4.69) is 5.32 Å². The third-order valence-corrected chi connectivity index (χ3v) is 1.69. The molecule has 5 N–H and O–H groups in total. The SMILES string of the molecule is CC(O)C(C)NCC(O)C(N)=O. The zero-order chi connectivity index (χ0) is 9.72. The van der Waals surface area contributed by atoms with Gasteiger partial charge >= 0.3 is 0 Å². The number of carbonyl (C=O) groups is 1. The largest absolute Gasteiger partial charge is 0.392 e. The average molecular weight is 176 g/mol. The van der Waals surface area contributed by atoms with E-state index in [0.29, 0.717) is 0 Å². The third-order valence-electron chi connectivity index (χ3n) is 1.69. The molecule has 0 spiro atoms. The maximum atomic E-state index is 10.4. The van der Waals surface area contributed by atoms with Crippen molar-refractivity contribution in [3.05, 3.63) is 0 Å². The van der Waals surface area contributed by atoms with E-state index in [4.69, 9.17) is 15.9 Å². The molecular formula is C7H16N2O3. The summed E-state index contributed by atoms with van der Waals surface area (Å²) in [7, 11) is 0. The van der Waals surface area contributed by atoms with Crippen LogP contribution < -0.4 is 11.1 Å². The van der Waals surface area contributed by atoms with E-state index in [1.165, 1.54) is 0 Å². The Labute approximate surface area is 71.6 Å². The van der Waals surface area contributed by atoms with Crippen LogP contribution in [0.1, 0.15) is 13.8 Å². The van der Waals surface area contributed by atoms with Crippen molar-refractivity contribution in [3.8, 4) is 0 Å². The predicted octanol–water partition coefficient (Wildman–Crippen LogP) is -1.81. The van der Waals surface area contributed by atoms with Gasteiger partial charge in [-0.2, -0.15) is 0 Å². The lowest BCUT2D eigenvalue weighted by Gasteiger charge is -2.17. The van der Waals surface area contributed by atoms with Gasteiger partial charge in [0.1, 0.15) is 6.10 Å². The fourth-order valence-electron chi connectivity index (χ4n) is 0.569. The second-order valence-electron chi connectivity index (χ2n) is 2.86. The Kier molecular flexibility index (Phi) is 4.80. The molecule has 5 heteroatoms. The van der Waals surface area contributed by atoms with Crippen molar-refractivity contribution < 1.29 is 15.0 Å². The van der Waals surface area contributed by atoms with Crippen LogP contribution in [0.4, 0.5) is 0 Å². The Balaban J connectivity index is 3.61. The molecule has 0 aromatic heterocycles. The molecular weight excluding hydrogens is 160 g/mol. The van der Waals surface area contributed by atoms with E-state index in [1.54, 1.807) is 13.8 Å². The first-order valence-electron chi connectivity index (χ1n) is 3.84. The number of nitrogens with two attached hydrogens (primary N) is 1. The molecule has 12 heavy (non-hydrogen) atoms. The average Bonchev–Trinajstić information content (AvgIpc) is 1.98. The van der Waals surface area contributed by atoms with Gasteiger partial charge in [0.25, 0.3) is 0 Å². The molecule has 0 aromatic rings. The van der Waals surface area contributed by atoms with Crippen LogP contribution in [0.3, 0.4) is 0 Å². The van der Waals surface area contributed by atoms with Crippen molar-refractivity contribution in [2.24, 2.45) is 5.73 Å². The Morgan fingerprint density at radius 1 is 1.50 bits per heavy atom. The number of hydrogen-bond acceptors (Lipinski definition) is 4. The van der Waals surface area contributed by atoms with E-state index in [-0.39, 0.29) is 12.6 Å². The normalized spacial score (nSPS) is 18.3. The summed E-state index contributed by atoms with van der Waals surface area (Å²) in [6.45, 7) is 3.44. The highest BCUT2D eigenvalue weighted by Crippen LogP contribution is 1.90. The summed E-state index contributed by atoms with van der Waals surface area (Å²) in [5.41, 5.74) is 4.81. The fourth-order valence-corrected chi connectivity index (χ4v) is 0.569. The highest BCUT2D eigenvalue weighted by atomic mass is 16.3. The van der Waals surface area contributed by atoms with Gasteiger partial charge in [-0.25, -0.2) is 0 Å². The molecule has 0 aliphatic heterocycles. The zero-order valence-corrected chi connectivity index (χ0v) is 7.32. The van der Waals surface area contributed by atoms with Crippen LogP contribution in [-0.4, -0.2) is 40.9 Å². The molecule has 0 aromatic carbocycles. The summed E-state index contributed by atoms with van der Waals surface area (Å²) in [5.74, 6) is -0.764. The summed E-state index contributed by atoms with van der Waals surface area (Å²) in [6.07, 6.45) is -1.71. The molecule has 0 aliphatic rings. The fraction of sp³-hybridized carbons (Fsp3) is 0.857. The minimum atomic E-state index is -1.19. The van der Waals surface area contributed by atoms with Gasteiger partial charge in [-0.15, -0.1) is 0 Å². The van der Waals surface area contributed by atoms with Crippen LogP contribution in [0, 0.1) is 0 Å². The van der Waals surface area contributed by atoms with Gasteiger partial charge in [0.05, 0.1) is 6.10 Å². The maximum absolute atomic E-state index is 10.4. The topological polar surface area (TPSA) is 95.6 Å². The summed E-state index contributed by atoms with van der Waals surface area (Å²) in [6, 6.07) is -0.168. The monoisotopic (exact) mass is 176 g/mol. The Hall–Kier alpha value is -0.650. The second kappa shape index (κ2) is 5.08. The van der Waals surface area contributed by atoms with Crippen LogP contribution in [0.15, 0.2) is 0 Å². The number of aliphatic hydroxyl groups is 2. The Morgan fingerprint density at radius 3 is 2.33 bits per heavy atom. The summed E-state index contributed by atoms with van der Waals surface area (Å²) < 4.78 is 0. The van der Waals surface area contributed by atoms with Gasteiger partial charge < -0.3 is 21.3 Å². The first-order valence-corrected chi connectivity index (χ1v) is 3.84. The minimum Gasteiger partial charge on any atom is -0.392 e. The number of hydrogen-bond donors (Lipinski definition) is 4. The smallest absolute Gasteiger partial charge is 0.247 e. The molecule has 0 rings (SSSR count). The highest BCUT2D eigenvalue weighted by molar-refractivity contribution is 5.78. The molecule has 5 nitrogen and oxygen atoms in total. The van der Waals surface area contributed by atoms with Crippen molar-refractivity contribution in [3.63, 3.8) is 0 Å². The molecule has 0 aliphatic carbocycles. The molecule has 0 saturated carbocycles. The molecule has 0 radical (unpaired) electrons. The molecule has 72 valence electrons. The van der Waals surface area contributed by atoms with Gasteiger partial charge in [0.2, 0.25) is 5.91 Å². The van der Waals surface area contributed by atoms with E-state index in [9.17, 15) is 4.79 Å². The van der Waals surface area contributed by atoms with Crippen LogP contribution in [-0.2, 0) is 4.79 Å². The minimum absolute atomic E-state index is 0.0708. The molecule has 0 saturated heterocycles. The van der Waals surface area contributed by atoms with Crippen molar-refractivity contribution >= 4 is 5.91 Å². The lowest BCUT2D eigenvalue weighted by atomic mass is 10.2. The standard InChI is InChI=1S/C7H16N2O3/c1-4(5(2)10)9-3-6(11)7(8)12/h4-6,9-11H,3H2,1-2H3,(H2,8,12). The first kappa shape index (κ1) is 11.4. The number of rotatable bonds is 5. The highest BCUT2D eigenvalue weighted by Gasteiger charge is 2.13. The molecule has 0 fully saturated rings. The third kappa shape index (κ3) is 4.27. The zero-order valence-electron chi connectivity index (χ0n) is 7.32. The van der Waals surface area contributed by atoms with Crippen LogP contribution in [0.2, 0.25) is 0 Å². The maximum Gasteiger partial charge on any atom is 0.247 e. The van der Waals surface area contributed by atoms with Gasteiger partial charge in [-0.3, -0.25) is 4.79 Å². The van der Waals surface area contributed by atoms with E-state index >= 15 is 0 Å². The number of primary amides is 1. The molecule has 3 unspecified atom stereocenters. The predicted molar refractivity (Wildman–Crippen MR) is 44.3 cm³/mol. The lowest BCUT2D eigenvalue weighted by molar-refractivity contribution is -0.125. The summed E-state index contributed by atoms with van der Waals surface area (Å²) in [4.78, 5) is 10.4. The molecule has 0 bridgehead atoms. The summed E-state index contributed by atoms with van der Waals surface area (Å²) in [5, 5.41) is 20.7.